The standard InChI is InChI=1S/C20H32O/c1-6-15(2)8-10-17-16(3)9-11-18-19(4,14-21)12-7-13-20(17,18)5/h6,8,17-18,21H,1,3,7,9-14H2,2,4-5H3/t17-,18-,19+,20+/m0/s1. The van der Waals surface area contributed by atoms with Crippen LogP contribution in [-0.2, 0) is 0 Å². The fourth-order valence-electron chi connectivity index (χ4n) is 5.10. The van der Waals surface area contributed by atoms with E-state index in [0.717, 1.165) is 12.8 Å². The van der Waals surface area contributed by atoms with Gasteiger partial charge in [-0.05, 0) is 61.7 Å². The fraction of sp³-hybridized carbons (Fsp3) is 0.700. The van der Waals surface area contributed by atoms with E-state index >= 15 is 0 Å². The average Bonchev–Trinajstić information content (AvgIpc) is 2.45. The van der Waals surface area contributed by atoms with Crippen molar-refractivity contribution in [2.75, 3.05) is 6.61 Å². The third-order valence-corrected chi connectivity index (χ3v) is 6.50. The second kappa shape index (κ2) is 6.12. The molecule has 21 heavy (non-hydrogen) atoms. The molecule has 2 fully saturated rings. The molecule has 0 bridgehead atoms. The highest BCUT2D eigenvalue weighted by Gasteiger charge is 2.53. The smallest absolute Gasteiger partial charge is 0.0487 e. The van der Waals surface area contributed by atoms with Gasteiger partial charge in [0, 0.05) is 6.61 Å². The molecule has 2 aliphatic rings. The van der Waals surface area contributed by atoms with E-state index in [2.05, 4.69) is 40.0 Å². The first-order valence-corrected chi connectivity index (χ1v) is 8.45. The number of fused-ring (bicyclic) bond motifs is 1. The quantitative estimate of drug-likeness (QED) is 0.551. The molecule has 118 valence electrons. The Morgan fingerprint density at radius 2 is 2.10 bits per heavy atom. The molecule has 0 aromatic heterocycles. The highest BCUT2D eigenvalue weighted by molar-refractivity contribution is 5.20. The van der Waals surface area contributed by atoms with Gasteiger partial charge >= 0.3 is 0 Å². The van der Waals surface area contributed by atoms with Gasteiger partial charge in [-0.25, -0.2) is 0 Å². The van der Waals surface area contributed by atoms with Crippen LogP contribution in [0.3, 0.4) is 0 Å². The van der Waals surface area contributed by atoms with E-state index in [9.17, 15) is 5.11 Å². The third kappa shape index (κ3) is 2.90. The molecule has 0 heterocycles. The minimum Gasteiger partial charge on any atom is -0.396 e. The normalized spacial score (nSPS) is 40.8. The lowest BCUT2D eigenvalue weighted by molar-refractivity contribution is -0.0837. The molecule has 0 aliphatic heterocycles. The molecule has 0 amide bonds. The molecule has 1 heteroatoms. The minimum absolute atomic E-state index is 0.100. The molecule has 4 atom stereocenters. The Kier molecular flexibility index (Phi) is 4.82. The number of aliphatic hydroxyl groups excluding tert-OH is 1. The van der Waals surface area contributed by atoms with Crippen LogP contribution < -0.4 is 0 Å². The van der Waals surface area contributed by atoms with E-state index in [-0.39, 0.29) is 5.41 Å². The summed E-state index contributed by atoms with van der Waals surface area (Å²) in [5.74, 6) is 1.18. The van der Waals surface area contributed by atoms with Gasteiger partial charge in [0.05, 0.1) is 0 Å². The molecule has 0 spiro atoms. The second-order valence-electron chi connectivity index (χ2n) is 7.86. The van der Waals surface area contributed by atoms with E-state index < -0.39 is 0 Å². The molecule has 0 aromatic rings. The van der Waals surface area contributed by atoms with Crippen molar-refractivity contribution in [1.82, 2.24) is 0 Å². The van der Waals surface area contributed by atoms with Crippen LogP contribution in [-0.4, -0.2) is 11.7 Å². The van der Waals surface area contributed by atoms with Crippen molar-refractivity contribution in [1.29, 1.82) is 0 Å². The molecule has 0 saturated heterocycles. The maximum atomic E-state index is 9.96. The first kappa shape index (κ1) is 16.5. The van der Waals surface area contributed by atoms with Crippen molar-refractivity contribution in [3.8, 4) is 0 Å². The Hall–Kier alpha value is -0.820. The highest BCUT2D eigenvalue weighted by atomic mass is 16.3. The predicted octanol–water partition coefficient (Wildman–Crippen LogP) is 5.28. The van der Waals surface area contributed by atoms with Gasteiger partial charge in [-0.1, -0.05) is 56.7 Å². The van der Waals surface area contributed by atoms with E-state index in [0.29, 0.717) is 23.9 Å². The van der Waals surface area contributed by atoms with Crippen molar-refractivity contribution in [3.63, 3.8) is 0 Å². The van der Waals surface area contributed by atoms with E-state index in [1.54, 1.807) is 0 Å². The number of allylic oxidation sites excluding steroid dienone is 4. The summed E-state index contributed by atoms with van der Waals surface area (Å²) >= 11 is 0. The zero-order valence-corrected chi connectivity index (χ0v) is 14.1. The van der Waals surface area contributed by atoms with E-state index in [4.69, 9.17) is 0 Å². The van der Waals surface area contributed by atoms with Crippen LogP contribution in [0.1, 0.15) is 59.3 Å². The van der Waals surface area contributed by atoms with Gasteiger partial charge < -0.3 is 5.11 Å². The van der Waals surface area contributed by atoms with Gasteiger partial charge in [-0.2, -0.15) is 0 Å². The number of hydrogen-bond acceptors (Lipinski definition) is 1. The van der Waals surface area contributed by atoms with Crippen molar-refractivity contribution in [3.05, 3.63) is 36.5 Å². The Labute approximate surface area is 130 Å². The lowest BCUT2D eigenvalue weighted by atomic mass is 9.47. The summed E-state index contributed by atoms with van der Waals surface area (Å²) in [7, 11) is 0. The van der Waals surface area contributed by atoms with Gasteiger partial charge in [-0.15, -0.1) is 0 Å². The number of hydrogen-bond donors (Lipinski definition) is 1. The summed E-state index contributed by atoms with van der Waals surface area (Å²) < 4.78 is 0. The molecular formula is C20H32O. The van der Waals surface area contributed by atoms with Crippen molar-refractivity contribution in [2.24, 2.45) is 22.7 Å². The number of aliphatic hydroxyl groups is 1. The van der Waals surface area contributed by atoms with Crippen LogP contribution >= 0.6 is 0 Å². The predicted molar refractivity (Wildman–Crippen MR) is 91.1 cm³/mol. The third-order valence-electron chi connectivity index (χ3n) is 6.50. The van der Waals surface area contributed by atoms with Crippen molar-refractivity contribution >= 4 is 0 Å². The van der Waals surface area contributed by atoms with E-state index in [1.165, 1.54) is 36.8 Å². The lowest BCUT2D eigenvalue weighted by Gasteiger charge is -2.58. The molecule has 0 radical (unpaired) electrons. The number of rotatable bonds is 4. The van der Waals surface area contributed by atoms with Crippen LogP contribution in [0.5, 0.6) is 0 Å². The minimum atomic E-state index is 0.100. The van der Waals surface area contributed by atoms with Crippen molar-refractivity contribution < 1.29 is 5.11 Å². The summed E-state index contributed by atoms with van der Waals surface area (Å²) in [5, 5.41) is 9.96. The Balaban J connectivity index is 2.31. The topological polar surface area (TPSA) is 20.2 Å². The first-order chi connectivity index (χ1) is 9.87. The average molecular weight is 288 g/mol. The van der Waals surface area contributed by atoms with Crippen LogP contribution in [0.15, 0.2) is 36.5 Å². The summed E-state index contributed by atoms with van der Waals surface area (Å²) in [6, 6.07) is 0. The van der Waals surface area contributed by atoms with Crippen LogP contribution in [0.2, 0.25) is 0 Å². The van der Waals surface area contributed by atoms with Crippen LogP contribution in [0, 0.1) is 22.7 Å². The maximum Gasteiger partial charge on any atom is 0.0487 e. The molecule has 2 rings (SSSR count). The SMILES string of the molecule is C=CC(C)=CC[C@H]1C(=C)CC[C@H]2[C@@](C)(CO)CCC[C@]12C. The monoisotopic (exact) mass is 288 g/mol. The molecule has 0 aromatic carbocycles. The van der Waals surface area contributed by atoms with Crippen LogP contribution in [0.25, 0.3) is 0 Å². The molecule has 1 nitrogen and oxygen atoms in total. The van der Waals surface area contributed by atoms with Crippen molar-refractivity contribution in [2.45, 2.75) is 59.3 Å². The Morgan fingerprint density at radius 1 is 1.38 bits per heavy atom. The van der Waals surface area contributed by atoms with Gasteiger partial charge in [0.25, 0.3) is 0 Å². The fourth-order valence-corrected chi connectivity index (χ4v) is 5.10. The van der Waals surface area contributed by atoms with E-state index in [1.807, 2.05) is 6.08 Å². The molecular weight excluding hydrogens is 256 g/mol. The maximum absolute atomic E-state index is 9.96. The Morgan fingerprint density at radius 3 is 2.71 bits per heavy atom. The van der Waals surface area contributed by atoms with Gasteiger partial charge in [0.2, 0.25) is 0 Å². The summed E-state index contributed by atoms with van der Waals surface area (Å²) in [4.78, 5) is 0. The largest absolute Gasteiger partial charge is 0.396 e. The summed E-state index contributed by atoms with van der Waals surface area (Å²) in [5.41, 5.74) is 3.07. The summed E-state index contributed by atoms with van der Waals surface area (Å²) in [6.45, 7) is 15.4. The van der Waals surface area contributed by atoms with Gasteiger partial charge in [-0.3, -0.25) is 0 Å². The molecule has 2 aliphatic carbocycles. The molecule has 1 N–H and O–H groups in total. The zero-order valence-electron chi connectivity index (χ0n) is 14.1. The molecule has 2 saturated carbocycles. The summed E-state index contributed by atoms with van der Waals surface area (Å²) in [6.07, 6.45) is 11.3. The van der Waals surface area contributed by atoms with Crippen LogP contribution in [0.4, 0.5) is 0 Å². The van der Waals surface area contributed by atoms with Gasteiger partial charge in [0.15, 0.2) is 0 Å². The Bertz CT molecular complexity index is 447. The first-order valence-electron chi connectivity index (χ1n) is 8.45. The molecule has 0 unspecified atom stereocenters. The lowest BCUT2D eigenvalue weighted by Crippen LogP contribution is -2.51. The van der Waals surface area contributed by atoms with Gasteiger partial charge in [0.1, 0.15) is 0 Å². The zero-order chi connectivity index (χ0) is 15.7. The second-order valence-corrected chi connectivity index (χ2v) is 7.86. The highest BCUT2D eigenvalue weighted by Crippen LogP contribution is 2.61.